The third-order valence-electron chi connectivity index (χ3n) is 6.25. The maximum absolute atomic E-state index is 6.96. The molecule has 1 unspecified atom stereocenters. The maximum Gasteiger partial charge on any atom is 0.227 e. The number of aromatic nitrogens is 2. The second kappa shape index (κ2) is 9.23. The van der Waals surface area contributed by atoms with E-state index in [0.717, 1.165) is 51.3 Å². The minimum Gasteiger partial charge on any atom is -0.356 e. The van der Waals surface area contributed by atoms with Gasteiger partial charge in [0.1, 0.15) is 15.9 Å². The molecule has 0 spiro atoms. The smallest absolute Gasteiger partial charge is 0.227 e. The molecule has 1 aromatic carbocycles. The molecule has 178 valence electrons. The summed E-state index contributed by atoms with van der Waals surface area (Å²) in [5.41, 5.74) is 4.79. The van der Waals surface area contributed by atoms with E-state index in [0.29, 0.717) is 11.9 Å². The number of aliphatic imine (C=N–C) groups is 2. The summed E-state index contributed by atoms with van der Waals surface area (Å²) in [6, 6.07) is 8.59. The van der Waals surface area contributed by atoms with Crippen LogP contribution in [0.4, 0.5) is 11.8 Å². The van der Waals surface area contributed by atoms with Crippen molar-refractivity contribution in [1.82, 2.24) is 14.9 Å². The monoisotopic (exact) mass is 495 g/mol. The van der Waals surface area contributed by atoms with Crippen molar-refractivity contribution < 1.29 is 0 Å². The predicted molar refractivity (Wildman–Crippen MR) is 144 cm³/mol. The van der Waals surface area contributed by atoms with Crippen molar-refractivity contribution in [2.45, 2.75) is 36.7 Å². The SMILES string of the molecule is Cc1ccc(C2=C3C(=NC(N(C)C)=NC3Cl)Sc3nc(N(C)C)nc(N4CCCCC4)c32)cc1. The maximum atomic E-state index is 6.96. The van der Waals surface area contributed by atoms with Gasteiger partial charge in [0.05, 0.1) is 5.56 Å². The third kappa shape index (κ3) is 4.18. The van der Waals surface area contributed by atoms with Crippen LogP contribution in [0.15, 0.2) is 44.8 Å². The topological polar surface area (TPSA) is 60.2 Å². The van der Waals surface area contributed by atoms with Crippen LogP contribution in [0.25, 0.3) is 5.57 Å². The highest BCUT2D eigenvalue weighted by atomic mass is 35.5. The molecular formula is C25H30ClN7S. The number of aryl methyl sites for hydroxylation is 1. The highest BCUT2D eigenvalue weighted by molar-refractivity contribution is 8.14. The number of benzene rings is 1. The molecule has 2 aromatic rings. The van der Waals surface area contributed by atoms with E-state index in [1.807, 2.05) is 38.0 Å². The number of halogens is 1. The first-order valence-corrected chi connectivity index (χ1v) is 12.9. The second-order valence-electron chi connectivity index (χ2n) is 9.30. The molecular weight excluding hydrogens is 466 g/mol. The van der Waals surface area contributed by atoms with Crippen molar-refractivity contribution in [3.8, 4) is 0 Å². The fourth-order valence-corrected chi connectivity index (χ4v) is 5.88. The first kappa shape index (κ1) is 23.2. The van der Waals surface area contributed by atoms with E-state index >= 15 is 0 Å². The molecule has 0 saturated carbocycles. The average Bonchev–Trinajstić information content (AvgIpc) is 2.83. The van der Waals surface area contributed by atoms with Gasteiger partial charge in [-0.2, -0.15) is 4.98 Å². The van der Waals surface area contributed by atoms with Crippen LogP contribution in [-0.4, -0.2) is 72.7 Å². The Morgan fingerprint density at radius 2 is 1.68 bits per heavy atom. The predicted octanol–water partition coefficient (Wildman–Crippen LogP) is 4.64. The summed E-state index contributed by atoms with van der Waals surface area (Å²) in [6.07, 6.45) is 3.59. The Balaban J connectivity index is 1.80. The summed E-state index contributed by atoms with van der Waals surface area (Å²) in [5, 5.41) is 1.77. The number of anilines is 2. The normalized spacial score (nSPS) is 19.8. The van der Waals surface area contributed by atoms with Gasteiger partial charge in [-0.3, -0.25) is 0 Å². The summed E-state index contributed by atoms with van der Waals surface area (Å²) in [4.78, 5) is 25.9. The highest BCUT2D eigenvalue weighted by Gasteiger charge is 2.37. The number of thioether (sulfide) groups is 1. The van der Waals surface area contributed by atoms with Crippen molar-refractivity contribution in [2.75, 3.05) is 51.1 Å². The Kier molecular flexibility index (Phi) is 6.29. The molecule has 0 N–H and O–H groups in total. The van der Waals surface area contributed by atoms with Gasteiger partial charge in [0.25, 0.3) is 0 Å². The number of piperidine rings is 1. The van der Waals surface area contributed by atoms with Crippen LogP contribution in [0.1, 0.15) is 36.0 Å². The Hall–Kier alpha value is -2.58. The van der Waals surface area contributed by atoms with Gasteiger partial charge in [-0.1, -0.05) is 41.4 Å². The Morgan fingerprint density at radius 1 is 0.971 bits per heavy atom. The molecule has 3 aliphatic rings. The molecule has 0 amide bonds. The largest absolute Gasteiger partial charge is 0.356 e. The van der Waals surface area contributed by atoms with Crippen molar-refractivity contribution in [1.29, 1.82) is 0 Å². The van der Waals surface area contributed by atoms with Crippen molar-refractivity contribution in [3.05, 3.63) is 46.5 Å². The summed E-state index contributed by atoms with van der Waals surface area (Å²) >= 11 is 8.54. The van der Waals surface area contributed by atoms with Crippen LogP contribution in [0, 0.1) is 6.92 Å². The summed E-state index contributed by atoms with van der Waals surface area (Å²) in [6.45, 7) is 4.08. The van der Waals surface area contributed by atoms with Gasteiger partial charge in [0.2, 0.25) is 11.9 Å². The lowest BCUT2D eigenvalue weighted by molar-refractivity contribution is 0.571. The number of rotatable bonds is 3. The lowest BCUT2D eigenvalue weighted by atomic mass is 9.92. The molecule has 1 atom stereocenters. The van der Waals surface area contributed by atoms with Crippen LogP contribution < -0.4 is 9.80 Å². The molecule has 4 heterocycles. The van der Waals surface area contributed by atoms with E-state index < -0.39 is 5.50 Å². The minimum atomic E-state index is -0.537. The molecule has 5 rings (SSSR count). The van der Waals surface area contributed by atoms with Gasteiger partial charge < -0.3 is 14.7 Å². The first-order chi connectivity index (χ1) is 16.3. The average molecular weight is 496 g/mol. The summed E-state index contributed by atoms with van der Waals surface area (Å²) in [5.74, 6) is 2.31. The molecule has 3 aliphatic heterocycles. The van der Waals surface area contributed by atoms with Gasteiger partial charge >= 0.3 is 0 Å². The molecule has 7 nitrogen and oxygen atoms in total. The Bertz CT molecular complexity index is 1190. The van der Waals surface area contributed by atoms with Gasteiger partial charge in [-0.25, -0.2) is 15.0 Å². The van der Waals surface area contributed by atoms with E-state index in [-0.39, 0.29) is 0 Å². The molecule has 0 bridgehead atoms. The lowest BCUT2D eigenvalue weighted by Gasteiger charge is -2.35. The van der Waals surface area contributed by atoms with Crippen LogP contribution in [0.5, 0.6) is 0 Å². The zero-order chi connectivity index (χ0) is 24.0. The number of alkyl halides is 1. The quantitative estimate of drug-likeness (QED) is 0.351. The number of guanidine groups is 1. The molecule has 0 radical (unpaired) electrons. The second-order valence-corrected chi connectivity index (χ2v) is 10.7. The molecule has 34 heavy (non-hydrogen) atoms. The van der Waals surface area contributed by atoms with E-state index in [4.69, 9.17) is 31.6 Å². The summed E-state index contributed by atoms with van der Waals surface area (Å²) < 4.78 is 0. The molecule has 0 aliphatic carbocycles. The fraction of sp³-hybridized carbons (Fsp3) is 0.440. The van der Waals surface area contributed by atoms with Crippen LogP contribution in [0.2, 0.25) is 0 Å². The molecule has 1 saturated heterocycles. The zero-order valence-electron chi connectivity index (χ0n) is 20.3. The third-order valence-corrected chi connectivity index (χ3v) is 7.56. The van der Waals surface area contributed by atoms with Gasteiger partial charge in [-0.05, 0) is 43.5 Å². The van der Waals surface area contributed by atoms with Crippen molar-refractivity contribution in [3.63, 3.8) is 0 Å². The zero-order valence-corrected chi connectivity index (χ0v) is 21.9. The van der Waals surface area contributed by atoms with Crippen LogP contribution in [-0.2, 0) is 0 Å². The Morgan fingerprint density at radius 3 is 2.32 bits per heavy atom. The van der Waals surface area contributed by atoms with Gasteiger partial charge in [0.15, 0.2) is 5.50 Å². The molecule has 9 heteroatoms. The number of hydrogen-bond acceptors (Lipinski definition) is 8. The summed E-state index contributed by atoms with van der Waals surface area (Å²) in [7, 11) is 7.84. The molecule has 1 aromatic heterocycles. The number of nitrogens with zero attached hydrogens (tertiary/aromatic N) is 7. The van der Waals surface area contributed by atoms with E-state index in [2.05, 4.69) is 36.1 Å². The Labute approximate surface area is 210 Å². The van der Waals surface area contributed by atoms with E-state index in [1.165, 1.54) is 24.8 Å². The van der Waals surface area contributed by atoms with Gasteiger partial charge in [0, 0.05) is 52.4 Å². The number of hydrogen-bond donors (Lipinski definition) is 0. The van der Waals surface area contributed by atoms with E-state index in [9.17, 15) is 0 Å². The first-order valence-electron chi connectivity index (χ1n) is 11.7. The van der Waals surface area contributed by atoms with Gasteiger partial charge in [-0.15, -0.1) is 0 Å². The van der Waals surface area contributed by atoms with Crippen LogP contribution >= 0.6 is 23.4 Å². The van der Waals surface area contributed by atoms with Crippen molar-refractivity contribution in [2.24, 2.45) is 9.98 Å². The number of fused-ring (bicyclic) bond motifs is 2. The fourth-order valence-electron chi connectivity index (χ4n) is 4.46. The standard InChI is InChI=1S/C25H30ClN7S/c1-15-9-11-16(12-10-15)17-18-20(26)27-24(31(2)3)29-22(18)34-23-19(17)21(28-25(30-23)32(4)5)33-13-7-6-8-14-33/h9-12,20H,6-8,13-14H2,1-5H3. The van der Waals surface area contributed by atoms with Crippen LogP contribution in [0.3, 0.4) is 0 Å². The van der Waals surface area contributed by atoms with Crippen molar-refractivity contribution >= 4 is 51.7 Å². The molecule has 1 fully saturated rings. The minimum absolute atomic E-state index is 0.537. The highest BCUT2D eigenvalue weighted by Crippen LogP contribution is 2.48. The van der Waals surface area contributed by atoms with E-state index in [1.54, 1.807) is 11.8 Å². The lowest BCUT2D eigenvalue weighted by Crippen LogP contribution is -2.34.